The van der Waals surface area contributed by atoms with Gasteiger partial charge < -0.3 is 5.32 Å². The first-order valence-electron chi connectivity index (χ1n) is 4.98. The average molecular weight is 225 g/mol. The number of amides is 2. The first kappa shape index (κ1) is 9.59. The van der Waals surface area contributed by atoms with Gasteiger partial charge in [-0.3, -0.25) is 0 Å². The Morgan fingerprint density at radius 1 is 1.06 bits per heavy atom. The lowest BCUT2D eigenvalue weighted by Gasteiger charge is -2.02. The van der Waals surface area contributed by atoms with Gasteiger partial charge in [-0.25, -0.2) is 9.78 Å². The number of urea groups is 1. The Morgan fingerprint density at radius 3 is 2.71 bits per heavy atom. The van der Waals surface area contributed by atoms with E-state index in [4.69, 9.17) is 0 Å². The number of hydrogen-bond acceptors (Lipinski definition) is 4. The zero-order chi connectivity index (χ0) is 11.7. The molecule has 1 aliphatic rings. The molecule has 2 aromatic rings. The van der Waals surface area contributed by atoms with Gasteiger partial charge in [-0.2, -0.15) is 15.0 Å². The lowest BCUT2D eigenvalue weighted by molar-refractivity contribution is 0.256. The van der Waals surface area contributed by atoms with E-state index in [0.29, 0.717) is 16.8 Å². The van der Waals surface area contributed by atoms with Crippen LogP contribution in [0.25, 0.3) is 0 Å². The normalized spacial score (nSPS) is 12.6. The van der Waals surface area contributed by atoms with E-state index in [1.54, 1.807) is 0 Å². The third kappa shape index (κ3) is 1.87. The zero-order valence-corrected chi connectivity index (χ0v) is 8.66. The Bertz CT molecular complexity index is 696. The molecule has 3 rings (SSSR count). The summed E-state index contributed by atoms with van der Waals surface area (Å²) in [5, 5.41) is 3.42. The highest BCUT2D eigenvalue weighted by molar-refractivity contribution is 5.77. The minimum atomic E-state index is -0.536. The summed E-state index contributed by atoms with van der Waals surface area (Å²) in [5.74, 6) is 0.392. The standard InChI is InChI=1S/C11H7N5O/c17-11-14-8-6-12-10(15-9(8)16-11)13-7-4-2-1-3-5-7/h1-6H,(H,13,15,16,17). The van der Waals surface area contributed by atoms with E-state index in [9.17, 15) is 4.79 Å². The summed E-state index contributed by atoms with van der Waals surface area (Å²) in [4.78, 5) is 26.4. The predicted molar refractivity (Wildman–Crippen MR) is 59.5 cm³/mol. The summed E-state index contributed by atoms with van der Waals surface area (Å²) in [7, 11) is 0. The van der Waals surface area contributed by atoms with E-state index in [1.807, 2.05) is 30.3 Å². The summed E-state index contributed by atoms with van der Waals surface area (Å²) in [6, 6.07) is 8.97. The van der Waals surface area contributed by atoms with Crippen molar-refractivity contribution in [3.63, 3.8) is 0 Å². The van der Waals surface area contributed by atoms with Crippen molar-refractivity contribution in [3.8, 4) is 0 Å². The molecular weight excluding hydrogens is 218 g/mol. The second kappa shape index (κ2) is 3.75. The maximum absolute atomic E-state index is 10.9. The van der Waals surface area contributed by atoms with Gasteiger partial charge in [-0.15, -0.1) is 0 Å². The van der Waals surface area contributed by atoms with Crippen molar-refractivity contribution >= 4 is 17.7 Å². The Labute approximate surface area is 95.8 Å². The molecule has 82 valence electrons. The zero-order valence-electron chi connectivity index (χ0n) is 8.66. The van der Waals surface area contributed by atoms with Gasteiger partial charge in [0.15, 0.2) is 5.49 Å². The number of carbonyl (C=O) groups excluding carboxylic acids is 1. The van der Waals surface area contributed by atoms with E-state index < -0.39 is 6.03 Å². The summed E-state index contributed by atoms with van der Waals surface area (Å²) in [6.45, 7) is 0. The number of fused-ring (bicyclic) bond motifs is 1. The van der Waals surface area contributed by atoms with Crippen molar-refractivity contribution in [2.75, 3.05) is 5.32 Å². The highest BCUT2D eigenvalue weighted by Gasteiger charge is 2.07. The second-order valence-electron chi connectivity index (χ2n) is 3.40. The van der Waals surface area contributed by atoms with Crippen LogP contribution >= 0.6 is 0 Å². The molecule has 2 amide bonds. The molecule has 6 nitrogen and oxygen atoms in total. The molecule has 0 bridgehead atoms. The predicted octanol–water partition coefficient (Wildman–Crippen LogP) is 0.593. The van der Waals surface area contributed by atoms with Crippen LogP contribution in [0.15, 0.2) is 46.5 Å². The van der Waals surface area contributed by atoms with E-state index in [2.05, 4.69) is 25.3 Å². The maximum Gasteiger partial charge on any atom is 0.369 e. The summed E-state index contributed by atoms with van der Waals surface area (Å²) in [5.41, 5.74) is 1.18. The highest BCUT2D eigenvalue weighted by atomic mass is 16.2. The molecule has 0 radical (unpaired) electrons. The van der Waals surface area contributed by atoms with Gasteiger partial charge in [0, 0.05) is 5.69 Å². The molecular formula is C11H7N5O. The van der Waals surface area contributed by atoms with Crippen LogP contribution < -0.4 is 16.2 Å². The van der Waals surface area contributed by atoms with Crippen molar-refractivity contribution in [3.05, 3.63) is 47.4 Å². The molecule has 1 aromatic carbocycles. The molecule has 6 heteroatoms. The first-order valence-corrected chi connectivity index (χ1v) is 4.98. The van der Waals surface area contributed by atoms with Crippen molar-refractivity contribution in [1.29, 1.82) is 0 Å². The minimum absolute atomic E-state index is 0.309. The van der Waals surface area contributed by atoms with Gasteiger partial charge in [-0.1, -0.05) is 18.2 Å². The third-order valence-electron chi connectivity index (χ3n) is 2.20. The monoisotopic (exact) mass is 225 g/mol. The van der Waals surface area contributed by atoms with Crippen molar-refractivity contribution in [2.45, 2.75) is 0 Å². The van der Waals surface area contributed by atoms with Gasteiger partial charge in [0.05, 0.1) is 6.20 Å². The summed E-state index contributed by atoms with van der Waals surface area (Å²) >= 11 is 0. The second-order valence-corrected chi connectivity index (χ2v) is 3.40. The topological polar surface area (TPSA) is 79.6 Å². The average Bonchev–Trinajstić information content (AvgIpc) is 2.70. The van der Waals surface area contributed by atoms with Crippen LogP contribution in [0, 0.1) is 0 Å². The number of aromatic nitrogens is 2. The van der Waals surface area contributed by atoms with E-state index in [1.165, 1.54) is 6.20 Å². The van der Waals surface area contributed by atoms with Crippen molar-refractivity contribution in [1.82, 2.24) is 9.97 Å². The molecule has 17 heavy (non-hydrogen) atoms. The Morgan fingerprint density at radius 2 is 1.88 bits per heavy atom. The van der Waals surface area contributed by atoms with Crippen molar-refractivity contribution < 1.29 is 4.79 Å². The number of anilines is 2. The third-order valence-corrected chi connectivity index (χ3v) is 2.20. The van der Waals surface area contributed by atoms with E-state index in [0.717, 1.165) is 5.69 Å². The molecule has 0 fully saturated rings. The number of rotatable bonds is 2. The summed E-state index contributed by atoms with van der Waals surface area (Å²) < 4.78 is 0. The fourth-order valence-corrected chi connectivity index (χ4v) is 1.46. The largest absolute Gasteiger partial charge is 0.369 e. The molecule has 1 N–H and O–H groups in total. The molecule has 0 spiro atoms. The molecule has 0 aliphatic carbocycles. The SMILES string of the molecule is O=C1N=c2cnc(Nc3ccccc3)nc2=N1. The molecule has 0 atom stereocenters. The van der Waals surface area contributed by atoms with Gasteiger partial charge in [0.2, 0.25) is 5.95 Å². The quantitative estimate of drug-likeness (QED) is 0.811. The number of nitrogens with zero attached hydrogens (tertiary/aromatic N) is 4. The number of hydrogen-bond donors (Lipinski definition) is 1. The van der Waals surface area contributed by atoms with Crippen LogP contribution in [0.1, 0.15) is 0 Å². The minimum Gasteiger partial charge on any atom is -0.324 e. The van der Waals surface area contributed by atoms with Crippen LogP contribution in [-0.4, -0.2) is 16.0 Å². The number of para-hydroxylation sites is 1. The number of carbonyl (C=O) groups is 1. The fraction of sp³-hybridized carbons (Fsp3) is 0. The molecule has 0 saturated heterocycles. The smallest absolute Gasteiger partial charge is 0.324 e. The highest BCUT2D eigenvalue weighted by Crippen LogP contribution is 2.09. The van der Waals surface area contributed by atoms with Crippen LogP contribution in [0.3, 0.4) is 0 Å². The van der Waals surface area contributed by atoms with Gasteiger partial charge >= 0.3 is 6.03 Å². The van der Waals surface area contributed by atoms with Crippen LogP contribution in [0.4, 0.5) is 16.4 Å². The fourth-order valence-electron chi connectivity index (χ4n) is 1.46. The number of nitrogens with one attached hydrogen (secondary N) is 1. The number of benzene rings is 1. The van der Waals surface area contributed by atoms with Crippen molar-refractivity contribution in [2.24, 2.45) is 9.98 Å². The lowest BCUT2D eigenvalue weighted by atomic mass is 10.3. The maximum atomic E-state index is 10.9. The van der Waals surface area contributed by atoms with Crippen LogP contribution in [-0.2, 0) is 0 Å². The molecule has 0 unspecified atom stereocenters. The van der Waals surface area contributed by atoms with Crippen LogP contribution in [0.5, 0.6) is 0 Å². The van der Waals surface area contributed by atoms with E-state index in [-0.39, 0.29) is 0 Å². The summed E-state index contributed by atoms with van der Waals surface area (Å²) in [6.07, 6.45) is 1.47. The lowest BCUT2D eigenvalue weighted by Crippen LogP contribution is -2.27. The first-order chi connectivity index (χ1) is 8.31. The van der Waals surface area contributed by atoms with Gasteiger partial charge in [-0.05, 0) is 12.1 Å². The molecule has 1 aliphatic heterocycles. The Balaban J connectivity index is 1.98. The molecule has 2 heterocycles. The molecule has 0 saturated carbocycles. The Kier molecular flexibility index (Phi) is 2.11. The molecule has 1 aromatic heterocycles. The van der Waals surface area contributed by atoms with Crippen LogP contribution in [0.2, 0.25) is 0 Å². The van der Waals surface area contributed by atoms with Gasteiger partial charge in [0.1, 0.15) is 5.36 Å². The van der Waals surface area contributed by atoms with E-state index >= 15 is 0 Å². The van der Waals surface area contributed by atoms with Gasteiger partial charge in [0.25, 0.3) is 0 Å². The Hall–Kier alpha value is -2.63.